The van der Waals surface area contributed by atoms with Crippen LogP contribution in [0.5, 0.6) is 0 Å². The molecule has 184 valence electrons. The van der Waals surface area contributed by atoms with Crippen molar-refractivity contribution in [2.24, 2.45) is 34.5 Å². The molecule has 0 aromatic carbocycles. The van der Waals surface area contributed by atoms with Crippen molar-refractivity contribution in [3.63, 3.8) is 0 Å². The Kier molecular flexibility index (Phi) is 6.74. The van der Waals surface area contributed by atoms with E-state index < -0.39 is 12.2 Å². The van der Waals surface area contributed by atoms with Gasteiger partial charge in [0.25, 0.3) is 0 Å². The number of rotatable bonds is 10. The largest absolute Gasteiger partial charge is 0.449 e. The fraction of sp³-hybridized carbons (Fsp3) is 0.593. The van der Waals surface area contributed by atoms with Gasteiger partial charge in [-0.1, -0.05) is 37.5 Å². The summed E-state index contributed by atoms with van der Waals surface area (Å²) in [6.07, 6.45) is 12.2. The smallest absolute Gasteiger partial charge is 0.411 e. The van der Waals surface area contributed by atoms with Crippen LogP contribution in [0.2, 0.25) is 0 Å². The van der Waals surface area contributed by atoms with Crippen molar-refractivity contribution in [2.75, 3.05) is 13.2 Å². The van der Waals surface area contributed by atoms with Gasteiger partial charge in [-0.25, -0.2) is 9.59 Å². The Morgan fingerprint density at radius 1 is 0.794 bits per heavy atom. The number of carbonyl (C=O) groups is 3. The van der Waals surface area contributed by atoms with Crippen LogP contribution < -0.4 is 10.6 Å². The van der Waals surface area contributed by atoms with Crippen molar-refractivity contribution in [1.29, 1.82) is 0 Å². The molecular formula is C27H36N2O5. The second-order valence-electron chi connectivity index (χ2n) is 11.0. The van der Waals surface area contributed by atoms with Gasteiger partial charge >= 0.3 is 12.2 Å². The monoisotopic (exact) mass is 468 g/mol. The minimum atomic E-state index is -0.530. The third kappa shape index (κ3) is 5.13. The number of Topliss-reactive ketones (excluding diaryl/α,β-unsaturated/α-hetero) is 1. The van der Waals surface area contributed by atoms with Crippen LogP contribution in [0.4, 0.5) is 9.59 Å². The van der Waals surface area contributed by atoms with Crippen molar-refractivity contribution in [1.82, 2.24) is 10.6 Å². The highest BCUT2D eigenvalue weighted by Gasteiger charge is 2.53. The van der Waals surface area contributed by atoms with Gasteiger partial charge in [-0.2, -0.15) is 0 Å². The highest BCUT2D eigenvalue weighted by molar-refractivity contribution is 5.80. The van der Waals surface area contributed by atoms with Gasteiger partial charge in [0, 0.05) is 35.1 Å². The molecule has 0 aromatic heterocycles. The highest BCUT2D eigenvalue weighted by Crippen LogP contribution is 2.57. The van der Waals surface area contributed by atoms with Crippen LogP contribution in [0.15, 0.2) is 48.9 Å². The van der Waals surface area contributed by atoms with Gasteiger partial charge in [-0.3, -0.25) is 15.4 Å². The first-order valence-corrected chi connectivity index (χ1v) is 12.2. The third-order valence-corrected chi connectivity index (χ3v) is 7.97. The number of alkyl carbamates (subject to hydrolysis) is 2. The van der Waals surface area contributed by atoms with Crippen molar-refractivity contribution < 1.29 is 23.9 Å². The molecule has 0 aromatic rings. The molecule has 2 amide bonds. The maximum Gasteiger partial charge on any atom is 0.411 e. The summed E-state index contributed by atoms with van der Waals surface area (Å²) in [5.41, 5.74) is 0.278. The van der Waals surface area contributed by atoms with E-state index in [2.05, 4.69) is 48.1 Å². The Balaban J connectivity index is 1.44. The highest BCUT2D eigenvalue weighted by atomic mass is 16.6. The maximum atomic E-state index is 13.6. The first-order chi connectivity index (χ1) is 16.1. The summed E-state index contributed by atoms with van der Waals surface area (Å²) < 4.78 is 11.1. The van der Waals surface area contributed by atoms with Crippen LogP contribution in [-0.2, 0) is 14.3 Å². The Labute approximate surface area is 201 Å². The number of carbonyl (C=O) groups excluding carboxylic acids is 3. The zero-order chi connectivity index (χ0) is 24.5. The van der Waals surface area contributed by atoms with Crippen molar-refractivity contribution in [3.8, 4) is 0 Å². The first kappa shape index (κ1) is 24.3. The Hall–Kier alpha value is -2.83. The van der Waals surface area contributed by atoms with E-state index in [1.165, 1.54) is 0 Å². The molecule has 6 atom stereocenters. The number of fused-ring (bicyclic) bond motifs is 4. The average Bonchev–Trinajstić information content (AvgIpc) is 3.51. The number of allylic oxidation sites excluding steroid dienone is 6. The van der Waals surface area contributed by atoms with Gasteiger partial charge in [0.2, 0.25) is 0 Å². The fourth-order valence-corrected chi connectivity index (χ4v) is 6.63. The average molecular weight is 469 g/mol. The zero-order valence-corrected chi connectivity index (χ0v) is 20.2. The SMILES string of the molecule is C=C(C)NC(=O)OCC1(CC(=O)CC2(COC(=O)NC(=C)C)CC3C=CC2C3)CC2C=CC1C2. The minimum Gasteiger partial charge on any atom is -0.449 e. The van der Waals surface area contributed by atoms with Gasteiger partial charge < -0.3 is 9.47 Å². The summed E-state index contributed by atoms with van der Waals surface area (Å²) in [6.45, 7) is 11.2. The molecule has 2 saturated carbocycles. The number of nitrogens with one attached hydrogen (secondary N) is 2. The molecule has 4 aliphatic carbocycles. The van der Waals surface area contributed by atoms with Gasteiger partial charge in [-0.05, 0) is 63.2 Å². The lowest BCUT2D eigenvalue weighted by Crippen LogP contribution is -2.40. The molecule has 0 spiro atoms. The number of ketones is 1. The number of ether oxygens (including phenoxy) is 2. The van der Waals surface area contributed by atoms with Crippen LogP contribution in [0, 0.1) is 34.5 Å². The van der Waals surface area contributed by atoms with E-state index in [0.717, 1.165) is 25.7 Å². The molecule has 34 heavy (non-hydrogen) atoms. The van der Waals surface area contributed by atoms with Gasteiger partial charge in [0.15, 0.2) is 0 Å². The summed E-state index contributed by atoms with van der Waals surface area (Å²) in [4.78, 5) is 37.8. The van der Waals surface area contributed by atoms with Crippen LogP contribution in [0.3, 0.4) is 0 Å². The molecule has 7 nitrogen and oxygen atoms in total. The van der Waals surface area contributed by atoms with E-state index in [-0.39, 0.29) is 41.7 Å². The standard InChI is InChI=1S/C27H36N2O5/c1-17(2)28-24(31)33-15-26(11-19-5-7-21(26)9-19)13-23(30)14-27(12-20-6-8-22(27)10-20)16-34-25(32)29-18(3)4/h5-8,19-22H,1,3,9-16H2,2,4H3,(H,28,31)(H,29,32). The lowest BCUT2D eigenvalue weighted by Gasteiger charge is -2.38. The molecule has 2 fully saturated rings. The second-order valence-corrected chi connectivity index (χ2v) is 11.0. The second kappa shape index (κ2) is 9.43. The number of amides is 2. The molecule has 0 radical (unpaired) electrons. The molecule has 2 N–H and O–H groups in total. The Morgan fingerprint density at radius 2 is 1.21 bits per heavy atom. The lowest BCUT2D eigenvalue weighted by molar-refractivity contribution is -0.126. The first-order valence-electron chi connectivity index (χ1n) is 12.2. The summed E-state index contributed by atoms with van der Waals surface area (Å²) in [6, 6.07) is 0. The van der Waals surface area contributed by atoms with Gasteiger partial charge in [-0.15, -0.1) is 0 Å². The van der Waals surface area contributed by atoms with Crippen molar-refractivity contribution in [3.05, 3.63) is 48.9 Å². The molecule has 0 aliphatic heterocycles. The predicted octanol–water partition coefficient (Wildman–Crippen LogP) is 5.02. The molecule has 4 aliphatic rings. The molecule has 7 heteroatoms. The van der Waals surface area contributed by atoms with E-state index in [1.54, 1.807) is 13.8 Å². The van der Waals surface area contributed by atoms with Crippen LogP contribution >= 0.6 is 0 Å². The minimum absolute atomic E-state index is 0.148. The Morgan fingerprint density at radius 3 is 1.50 bits per heavy atom. The molecule has 4 bridgehead atoms. The Bertz CT molecular complexity index is 879. The molecule has 0 saturated heterocycles. The summed E-state index contributed by atoms with van der Waals surface area (Å²) in [7, 11) is 0. The molecule has 0 heterocycles. The van der Waals surface area contributed by atoms with Crippen LogP contribution in [-0.4, -0.2) is 31.2 Å². The third-order valence-electron chi connectivity index (χ3n) is 7.97. The van der Waals surface area contributed by atoms with Crippen molar-refractivity contribution in [2.45, 2.75) is 52.4 Å². The van der Waals surface area contributed by atoms with Gasteiger partial charge in [0.1, 0.15) is 5.78 Å². The van der Waals surface area contributed by atoms with Crippen molar-refractivity contribution >= 4 is 18.0 Å². The quantitative estimate of drug-likeness (QED) is 0.439. The molecule has 6 unspecified atom stereocenters. The number of hydrogen-bond acceptors (Lipinski definition) is 5. The molecular weight excluding hydrogens is 432 g/mol. The normalized spacial score (nSPS) is 34.2. The van der Waals surface area contributed by atoms with E-state index >= 15 is 0 Å². The van der Waals surface area contributed by atoms with Crippen LogP contribution in [0.25, 0.3) is 0 Å². The zero-order valence-electron chi connectivity index (χ0n) is 20.2. The topological polar surface area (TPSA) is 93.7 Å². The van der Waals surface area contributed by atoms with E-state index in [1.807, 2.05) is 0 Å². The maximum absolute atomic E-state index is 13.6. The van der Waals surface area contributed by atoms with Gasteiger partial charge in [0.05, 0.1) is 13.2 Å². The summed E-state index contributed by atoms with van der Waals surface area (Å²) in [5, 5.41) is 5.16. The number of hydrogen-bond donors (Lipinski definition) is 2. The van der Waals surface area contributed by atoms with E-state index in [9.17, 15) is 14.4 Å². The predicted molar refractivity (Wildman–Crippen MR) is 128 cm³/mol. The summed E-state index contributed by atoms with van der Waals surface area (Å²) >= 11 is 0. The van der Waals surface area contributed by atoms with Crippen LogP contribution in [0.1, 0.15) is 52.4 Å². The fourth-order valence-electron chi connectivity index (χ4n) is 6.63. The summed E-state index contributed by atoms with van der Waals surface area (Å²) in [5.74, 6) is 1.47. The molecule has 4 rings (SSSR count). The van der Waals surface area contributed by atoms with E-state index in [4.69, 9.17) is 9.47 Å². The van der Waals surface area contributed by atoms with E-state index in [0.29, 0.717) is 36.1 Å². The lowest BCUT2D eigenvalue weighted by atomic mass is 9.68.